The van der Waals surface area contributed by atoms with Crippen molar-refractivity contribution in [3.63, 3.8) is 0 Å². The number of aromatic nitrogens is 3. The molecular formula is C34H40FN5O3. The van der Waals surface area contributed by atoms with E-state index < -0.39 is 11.8 Å². The molecule has 3 fully saturated rings. The van der Waals surface area contributed by atoms with Crippen LogP contribution < -0.4 is 9.64 Å². The summed E-state index contributed by atoms with van der Waals surface area (Å²) in [6.07, 6.45) is 5.53. The molecule has 0 amide bonds. The lowest BCUT2D eigenvalue weighted by atomic mass is 9.93. The van der Waals surface area contributed by atoms with Crippen molar-refractivity contribution >= 4 is 27.5 Å². The summed E-state index contributed by atoms with van der Waals surface area (Å²) in [4.78, 5) is 19.3. The fourth-order valence-electron chi connectivity index (χ4n) is 7.58. The minimum atomic E-state index is -0.834. The second-order valence-electron chi connectivity index (χ2n) is 13.0. The number of pyridine rings is 1. The van der Waals surface area contributed by atoms with Crippen molar-refractivity contribution in [3.8, 4) is 23.0 Å². The number of anilines is 1. The summed E-state index contributed by atoms with van der Waals surface area (Å²) in [6.45, 7) is 9.03. The molecular weight excluding hydrogens is 545 g/mol. The van der Waals surface area contributed by atoms with Crippen molar-refractivity contribution in [2.24, 2.45) is 0 Å². The standard InChI is InChI=1S/C34H40FN5O3/c1-4-22-7-5-8-23-15-25(41)16-26(28(22)23)29-21(2)30-27(18-36-29)31(39-13-10-33(3,42)11-14-39)38-32(37-30)43-20-34-9-6-12-40(34)19-24(35)17-34/h5,7-8,15-16,18,24,41-42H,4,6,9-14,17,19-20H2,1-3H3/t24-,34?/m1/s1. The topological polar surface area (TPSA) is 94.8 Å². The lowest BCUT2D eigenvalue weighted by Crippen LogP contribution is -2.44. The maximum absolute atomic E-state index is 14.5. The van der Waals surface area contributed by atoms with Gasteiger partial charge in [0.15, 0.2) is 0 Å². The van der Waals surface area contributed by atoms with E-state index in [4.69, 9.17) is 19.7 Å². The maximum Gasteiger partial charge on any atom is 0.319 e. The van der Waals surface area contributed by atoms with Gasteiger partial charge in [0, 0.05) is 43.4 Å². The van der Waals surface area contributed by atoms with Crippen molar-refractivity contribution in [1.82, 2.24) is 19.9 Å². The first-order chi connectivity index (χ1) is 20.7. The van der Waals surface area contributed by atoms with Gasteiger partial charge in [0.05, 0.1) is 27.7 Å². The van der Waals surface area contributed by atoms with Gasteiger partial charge in [0.25, 0.3) is 0 Å². The van der Waals surface area contributed by atoms with Gasteiger partial charge in [-0.2, -0.15) is 9.97 Å². The molecule has 0 aliphatic carbocycles. The van der Waals surface area contributed by atoms with Crippen molar-refractivity contribution in [2.45, 2.75) is 76.6 Å². The molecule has 2 aromatic heterocycles. The Morgan fingerprint density at radius 3 is 2.72 bits per heavy atom. The highest BCUT2D eigenvalue weighted by atomic mass is 19.1. The Morgan fingerprint density at radius 2 is 1.93 bits per heavy atom. The fraction of sp³-hybridized carbons (Fsp3) is 0.500. The molecule has 3 aliphatic rings. The van der Waals surface area contributed by atoms with Crippen LogP contribution in [-0.2, 0) is 6.42 Å². The number of alkyl halides is 1. The van der Waals surface area contributed by atoms with E-state index in [1.54, 1.807) is 12.1 Å². The third-order valence-electron chi connectivity index (χ3n) is 9.99. The molecule has 9 heteroatoms. The smallest absolute Gasteiger partial charge is 0.319 e. The number of hydrogen-bond acceptors (Lipinski definition) is 8. The summed E-state index contributed by atoms with van der Waals surface area (Å²) >= 11 is 0. The van der Waals surface area contributed by atoms with Crippen LogP contribution in [0.25, 0.3) is 32.9 Å². The predicted molar refractivity (Wildman–Crippen MR) is 167 cm³/mol. The van der Waals surface area contributed by atoms with Gasteiger partial charge >= 0.3 is 6.01 Å². The number of piperidine rings is 1. The van der Waals surface area contributed by atoms with Crippen LogP contribution in [0.2, 0.25) is 0 Å². The molecule has 0 saturated carbocycles. The van der Waals surface area contributed by atoms with Crippen molar-refractivity contribution in [1.29, 1.82) is 0 Å². The molecule has 1 unspecified atom stereocenters. The maximum atomic E-state index is 14.5. The van der Waals surface area contributed by atoms with Crippen molar-refractivity contribution in [2.75, 3.05) is 37.7 Å². The number of ether oxygens (including phenoxy) is 1. The molecule has 7 rings (SSSR count). The molecule has 5 heterocycles. The molecule has 0 bridgehead atoms. The molecule has 0 radical (unpaired) electrons. The Balaban J connectivity index is 1.35. The highest BCUT2D eigenvalue weighted by Crippen LogP contribution is 2.42. The van der Waals surface area contributed by atoms with Gasteiger partial charge in [-0.25, -0.2) is 4.39 Å². The van der Waals surface area contributed by atoms with Gasteiger partial charge < -0.3 is 19.8 Å². The number of rotatable bonds is 6. The summed E-state index contributed by atoms with van der Waals surface area (Å²) in [7, 11) is 0. The monoisotopic (exact) mass is 585 g/mol. The highest BCUT2D eigenvalue weighted by molar-refractivity contribution is 6.02. The van der Waals surface area contributed by atoms with E-state index in [2.05, 4.69) is 22.8 Å². The normalized spacial score (nSPS) is 23.7. The Hall–Kier alpha value is -3.56. The van der Waals surface area contributed by atoms with E-state index in [-0.39, 0.29) is 17.3 Å². The lowest BCUT2D eigenvalue weighted by Gasteiger charge is -2.37. The quantitative estimate of drug-likeness (QED) is 0.296. The molecule has 0 spiro atoms. The minimum Gasteiger partial charge on any atom is -0.508 e. The van der Waals surface area contributed by atoms with E-state index in [1.165, 1.54) is 5.56 Å². The van der Waals surface area contributed by atoms with E-state index in [1.807, 2.05) is 32.2 Å². The van der Waals surface area contributed by atoms with E-state index in [9.17, 15) is 14.6 Å². The molecule has 226 valence electrons. The SMILES string of the molecule is CCc1cccc2cc(O)cc(-c3ncc4c(N5CCC(C)(O)CC5)nc(OCC56CCCN5C[C@H](F)C6)nc4c3C)c12. The molecule has 3 aliphatic heterocycles. The predicted octanol–water partition coefficient (Wildman–Crippen LogP) is 5.73. The Labute approximate surface area is 251 Å². The average Bonchev–Trinajstić information content (AvgIpc) is 3.51. The number of aromatic hydroxyl groups is 1. The van der Waals surface area contributed by atoms with Gasteiger partial charge in [-0.1, -0.05) is 25.1 Å². The molecule has 2 N–H and O–H groups in total. The van der Waals surface area contributed by atoms with Gasteiger partial charge in [-0.15, -0.1) is 0 Å². The second-order valence-corrected chi connectivity index (χ2v) is 13.0. The third-order valence-corrected chi connectivity index (χ3v) is 9.99. The number of aryl methyl sites for hydroxylation is 2. The fourth-order valence-corrected chi connectivity index (χ4v) is 7.58. The highest BCUT2D eigenvalue weighted by Gasteiger charge is 2.49. The summed E-state index contributed by atoms with van der Waals surface area (Å²) in [5.74, 6) is 0.927. The summed E-state index contributed by atoms with van der Waals surface area (Å²) in [5, 5.41) is 24.2. The Morgan fingerprint density at radius 1 is 1.12 bits per heavy atom. The average molecular weight is 586 g/mol. The first-order valence-corrected chi connectivity index (χ1v) is 15.6. The Kier molecular flexibility index (Phi) is 6.93. The van der Waals surface area contributed by atoms with Crippen molar-refractivity contribution in [3.05, 3.63) is 47.7 Å². The van der Waals surface area contributed by atoms with Gasteiger partial charge in [-0.05, 0) is 81.0 Å². The Bertz CT molecular complexity index is 1700. The van der Waals surface area contributed by atoms with Crippen LogP contribution in [0.1, 0.15) is 57.1 Å². The van der Waals surface area contributed by atoms with E-state index >= 15 is 0 Å². The number of phenols is 1. The number of hydrogen-bond donors (Lipinski definition) is 2. The molecule has 4 aromatic rings. The molecule has 2 aromatic carbocycles. The van der Waals surface area contributed by atoms with Crippen LogP contribution in [0.5, 0.6) is 11.8 Å². The lowest BCUT2D eigenvalue weighted by molar-refractivity contribution is 0.0350. The first-order valence-electron chi connectivity index (χ1n) is 15.6. The van der Waals surface area contributed by atoms with E-state index in [0.717, 1.165) is 70.1 Å². The number of fused-ring (bicyclic) bond motifs is 3. The number of aliphatic hydroxyl groups is 1. The van der Waals surface area contributed by atoms with Crippen LogP contribution in [0.4, 0.5) is 10.2 Å². The summed E-state index contributed by atoms with van der Waals surface area (Å²) in [6, 6.07) is 10.0. The molecule has 8 nitrogen and oxygen atoms in total. The first kappa shape index (κ1) is 28.2. The zero-order valence-electron chi connectivity index (χ0n) is 25.2. The number of benzene rings is 2. The van der Waals surface area contributed by atoms with Gasteiger partial charge in [0.1, 0.15) is 24.3 Å². The number of phenolic OH excluding ortho intramolecular Hbond substituents is 1. The van der Waals surface area contributed by atoms with Crippen LogP contribution >= 0.6 is 0 Å². The minimum absolute atomic E-state index is 0.188. The van der Waals surface area contributed by atoms with Gasteiger partial charge in [0.2, 0.25) is 0 Å². The van der Waals surface area contributed by atoms with Crippen LogP contribution in [0.15, 0.2) is 36.5 Å². The molecule has 2 atom stereocenters. The van der Waals surface area contributed by atoms with E-state index in [0.29, 0.717) is 45.5 Å². The number of nitrogens with zero attached hydrogens (tertiary/aromatic N) is 5. The second kappa shape index (κ2) is 10.6. The van der Waals surface area contributed by atoms with Crippen LogP contribution in [0, 0.1) is 6.92 Å². The molecule has 43 heavy (non-hydrogen) atoms. The third kappa shape index (κ3) is 4.96. The van der Waals surface area contributed by atoms with Gasteiger partial charge in [-0.3, -0.25) is 9.88 Å². The zero-order valence-corrected chi connectivity index (χ0v) is 25.2. The van der Waals surface area contributed by atoms with Crippen LogP contribution in [-0.4, -0.2) is 80.2 Å². The zero-order chi connectivity index (χ0) is 29.9. The molecule has 3 saturated heterocycles. The largest absolute Gasteiger partial charge is 0.508 e. The summed E-state index contributed by atoms with van der Waals surface area (Å²) in [5.41, 5.74) is 3.40. The summed E-state index contributed by atoms with van der Waals surface area (Å²) < 4.78 is 20.8. The van der Waals surface area contributed by atoms with Crippen LogP contribution in [0.3, 0.4) is 0 Å². The van der Waals surface area contributed by atoms with Crippen molar-refractivity contribution < 1.29 is 19.3 Å². The number of halogens is 1.